The molecule has 0 spiro atoms. The predicted molar refractivity (Wildman–Crippen MR) is 121 cm³/mol. The highest BCUT2D eigenvalue weighted by Gasteiger charge is 2.41. The number of hydrogen-bond acceptors (Lipinski definition) is 5. The van der Waals surface area contributed by atoms with E-state index in [1.807, 2.05) is 24.5 Å². The molecule has 0 bridgehead atoms. The number of anilines is 2. The lowest BCUT2D eigenvalue weighted by molar-refractivity contribution is -0.137. The molecule has 0 atom stereocenters. The highest BCUT2D eigenvalue weighted by Crippen LogP contribution is 2.39. The first kappa shape index (κ1) is 21.8. The molecule has 1 aliphatic heterocycles. The Hall–Kier alpha value is -3.41. The monoisotopic (exact) mass is 452 g/mol. The Labute approximate surface area is 190 Å². The summed E-state index contributed by atoms with van der Waals surface area (Å²) < 4.78 is 15.6. The van der Waals surface area contributed by atoms with Gasteiger partial charge in [-0.2, -0.15) is 5.26 Å². The molecule has 1 aliphatic rings. The molecule has 0 fully saturated rings. The van der Waals surface area contributed by atoms with Gasteiger partial charge in [0.1, 0.15) is 29.2 Å². The molecule has 3 aromatic rings. The summed E-state index contributed by atoms with van der Waals surface area (Å²) in [6, 6.07) is 13.2. The SMILES string of the molecule is CC1(C)c2nc(-c3ccc(F)cc3)c(Nc3ccc(C#N)c(Cl)c3)n2CCN1C(=O)CN. The zero-order valence-corrected chi connectivity index (χ0v) is 18.4. The first-order chi connectivity index (χ1) is 15.3. The third kappa shape index (κ3) is 3.70. The minimum Gasteiger partial charge on any atom is -0.340 e. The number of hydrogen-bond donors (Lipinski definition) is 2. The maximum atomic E-state index is 13.6. The third-order valence-electron chi connectivity index (χ3n) is 5.68. The van der Waals surface area contributed by atoms with E-state index in [0.29, 0.717) is 46.7 Å². The summed E-state index contributed by atoms with van der Waals surface area (Å²) >= 11 is 6.22. The smallest absolute Gasteiger partial charge is 0.237 e. The molecule has 0 unspecified atom stereocenters. The lowest BCUT2D eigenvalue weighted by atomic mass is 9.99. The van der Waals surface area contributed by atoms with Crippen molar-refractivity contribution >= 4 is 29.0 Å². The van der Waals surface area contributed by atoms with Gasteiger partial charge in [0.2, 0.25) is 5.91 Å². The number of halogens is 2. The molecule has 0 saturated heterocycles. The number of rotatable bonds is 4. The van der Waals surface area contributed by atoms with Gasteiger partial charge in [-0.3, -0.25) is 4.79 Å². The second kappa shape index (κ2) is 8.26. The summed E-state index contributed by atoms with van der Waals surface area (Å²) in [6.07, 6.45) is 0. The van der Waals surface area contributed by atoms with Gasteiger partial charge in [-0.15, -0.1) is 0 Å². The lowest BCUT2D eigenvalue weighted by Gasteiger charge is -2.42. The van der Waals surface area contributed by atoms with E-state index in [1.54, 1.807) is 35.2 Å². The van der Waals surface area contributed by atoms with E-state index in [2.05, 4.69) is 5.32 Å². The second-order valence-electron chi connectivity index (χ2n) is 8.03. The zero-order valence-electron chi connectivity index (χ0n) is 17.7. The summed E-state index contributed by atoms with van der Waals surface area (Å²) in [6.45, 7) is 4.75. The van der Waals surface area contributed by atoms with Crippen LogP contribution in [0.1, 0.15) is 25.2 Å². The van der Waals surface area contributed by atoms with Crippen LogP contribution in [-0.4, -0.2) is 33.4 Å². The topological polar surface area (TPSA) is 100.0 Å². The lowest BCUT2D eigenvalue weighted by Crippen LogP contribution is -2.53. The summed E-state index contributed by atoms with van der Waals surface area (Å²) in [5.74, 6) is 0.888. The highest BCUT2D eigenvalue weighted by molar-refractivity contribution is 6.32. The molecule has 3 N–H and O–H groups in total. The van der Waals surface area contributed by atoms with E-state index >= 15 is 0 Å². The van der Waals surface area contributed by atoms with Gasteiger partial charge in [0, 0.05) is 24.3 Å². The van der Waals surface area contributed by atoms with Gasteiger partial charge < -0.3 is 20.5 Å². The van der Waals surface area contributed by atoms with Crippen molar-refractivity contribution in [3.05, 3.63) is 64.7 Å². The number of benzene rings is 2. The second-order valence-corrected chi connectivity index (χ2v) is 8.44. The Morgan fingerprint density at radius 2 is 2.00 bits per heavy atom. The third-order valence-corrected chi connectivity index (χ3v) is 6.00. The van der Waals surface area contributed by atoms with E-state index < -0.39 is 5.54 Å². The maximum absolute atomic E-state index is 13.6. The summed E-state index contributed by atoms with van der Waals surface area (Å²) in [5, 5.41) is 12.8. The average molecular weight is 453 g/mol. The van der Waals surface area contributed by atoms with Crippen molar-refractivity contribution in [1.29, 1.82) is 5.26 Å². The number of fused-ring (bicyclic) bond motifs is 1. The molecule has 32 heavy (non-hydrogen) atoms. The van der Waals surface area contributed by atoms with Gasteiger partial charge in [0.25, 0.3) is 0 Å². The van der Waals surface area contributed by atoms with Crippen molar-refractivity contribution < 1.29 is 9.18 Å². The number of aromatic nitrogens is 2. The molecular weight excluding hydrogens is 431 g/mol. The van der Waals surface area contributed by atoms with Gasteiger partial charge in [0.15, 0.2) is 0 Å². The van der Waals surface area contributed by atoms with Crippen LogP contribution >= 0.6 is 11.6 Å². The molecular formula is C23H22ClFN6O. The number of nitriles is 1. The van der Waals surface area contributed by atoms with Crippen molar-refractivity contribution in [2.75, 3.05) is 18.4 Å². The van der Waals surface area contributed by atoms with Gasteiger partial charge >= 0.3 is 0 Å². The fourth-order valence-corrected chi connectivity index (χ4v) is 4.26. The van der Waals surface area contributed by atoms with Crippen LogP contribution in [0.5, 0.6) is 0 Å². The van der Waals surface area contributed by atoms with Crippen LogP contribution in [0.2, 0.25) is 5.02 Å². The molecule has 2 aromatic carbocycles. The van der Waals surface area contributed by atoms with E-state index in [0.717, 1.165) is 5.56 Å². The molecule has 2 heterocycles. The Morgan fingerprint density at radius 1 is 1.28 bits per heavy atom. The van der Waals surface area contributed by atoms with E-state index in [1.165, 1.54) is 12.1 Å². The first-order valence-electron chi connectivity index (χ1n) is 10.1. The quantitative estimate of drug-likeness (QED) is 0.623. The highest BCUT2D eigenvalue weighted by atomic mass is 35.5. The van der Waals surface area contributed by atoms with Gasteiger partial charge in [-0.05, 0) is 56.3 Å². The van der Waals surface area contributed by atoms with E-state index in [-0.39, 0.29) is 18.3 Å². The first-order valence-corrected chi connectivity index (χ1v) is 10.5. The Kier molecular flexibility index (Phi) is 5.63. The molecule has 4 rings (SSSR count). The van der Waals surface area contributed by atoms with Crippen molar-refractivity contribution in [3.63, 3.8) is 0 Å². The largest absolute Gasteiger partial charge is 0.340 e. The predicted octanol–water partition coefficient (Wildman–Crippen LogP) is 3.99. The van der Waals surface area contributed by atoms with Crippen LogP contribution in [0, 0.1) is 17.1 Å². The van der Waals surface area contributed by atoms with Crippen LogP contribution in [0.15, 0.2) is 42.5 Å². The number of carbonyl (C=O) groups excluding carboxylic acids is 1. The normalized spacial score (nSPS) is 14.6. The minimum absolute atomic E-state index is 0.0796. The molecule has 0 radical (unpaired) electrons. The summed E-state index contributed by atoms with van der Waals surface area (Å²) in [4.78, 5) is 19.1. The standard InChI is InChI=1S/C23H22ClFN6O/c1-23(2)22-29-20(14-3-6-16(25)7-4-14)21(30(22)9-10-31(23)19(32)13-27)28-17-8-5-15(12-26)18(24)11-17/h3-8,11,28H,9-10,13,27H2,1-2H3. The molecule has 7 nitrogen and oxygen atoms in total. The number of carbonyl (C=O) groups is 1. The van der Waals surface area contributed by atoms with Gasteiger partial charge in [-0.25, -0.2) is 9.37 Å². The molecule has 1 amide bonds. The average Bonchev–Trinajstić information content (AvgIpc) is 3.13. The summed E-state index contributed by atoms with van der Waals surface area (Å²) in [7, 11) is 0. The van der Waals surface area contributed by atoms with Crippen LogP contribution in [0.25, 0.3) is 11.3 Å². The Morgan fingerprint density at radius 3 is 2.62 bits per heavy atom. The molecule has 1 aromatic heterocycles. The van der Waals surface area contributed by atoms with E-state index in [9.17, 15) is 9.18 Å². The van der Waals surface area contributed by atoms with Gasteiger partial charge in [-0.1, -0.05) is 11.6 Å². The number of imidazole rings is 1. The van der Waals surface area contributed by atoms with Crippen LogP contribution in [-0.2, 0) is 16.9 Å². The summed E-state index contributed by atoms with van der Waals surface area (Å²) in [5.41, 5.74) is 7.32. The molecule has 0 aliphatic carbocycles. The number of nitrogens with one attached hydrogen (secondary N) is 1. The fraction of sp³-hybridized carbons (Fsp3) is 0.261. The Balaban J connectivity index is 1.86. The molecule has 164 valence electrons. The minimum atomic E-state index is -0.703. The fourth-order valence-electron chi connectivity index (χ4n) is 4.04. The van der Waals surface area contributed by atoms with Crippen LogP contribution in [0.3, 0.4) is 0 Å². The number of amides is 1. The van der Waals surface area contributed by atoms with Crippen molar-refractivity contribution in [2.45, 2.75) is 25.9 Å². The molecule has 9 heteroatoms. The van der Waals surface area contributed by atoms with Crippen molar-refractivity contribution in [3.8, 4) is 17.3 Å². The maximum Gasteiger partial charge on any atom is 0.237 e. The zero-order chi connectivity index (χ0) is 23.0. The number of nitrogens with zero attached hydrogens (tertiary/aromatic N) is 4. The number of nitrogens with two attached hydrogens (primary N) is 1. The van der Waals surface area contributed by atoms with E-state index in [4.69, 9.17) is 27.6 Å². The molecule has 0 saturated carbocycles. The van der Waals surface area contributed by atoms with Crippen molar-refractivity contribution in [1.82, 2.24) is 14.5 Å². The Bertz CT molecular complexity index is 1230. The van der Waals surface area contributed by atoms with Crippen molar-refractivity contribution in [2.24, 2.45) is 5.73 Å². The van der Waals surface area contributed by atoms with Gasteiger partial charge in [0.05, 0.1) is 22.7 Å². The van der Waals surface area contributed by atoms with Crippen LogP contribution in [0.4, 0.5) is 15.9 Å². The van der Waals surface area contributed by atoms with Crippen LogP contribution < -0.4 is 11.1 Å².